The fraction of sp³-hybridized carbons (Fsp3) is 0.294. The van der Waals surface area contributed by atoms with Gasteiger partial charge < -0.3 is 9.88 Å². The van der Waals surface area contributed by atoms with Crippen molar-refractivity contribution in [1.82, 2.24) is 19.3 Å². The molecule has 1 saturated heterocycles. The number of likely N-dealkylation sites (N-methyl/N-ethyl adjacent to an activating group) is 1. The summed E-state index contributed by atoms with van der Waals surface area (Å²) in [6.07, 6.45) is 3.89. The molecule has 0 spiro atoms. The highest BCUT2D eigenvalue weighted by atomic mass is 32.2. The minimum Gasteiger partial charge on any atom is -0.354 e. The average Bonchev–Trinajstić information content (AvgIpc) is 3.36. The van der Waals surface area contributed by atoms with Crippen molar-refractivity contribution in [2.45, 2.75) is 17.4 Å². The molecule has 10 nitrogen and oxygen atoms in total. The number of anilines is 1. The van der Waals surface area contributed by atoms with Gasteiger partial charge in [0.2, 0.25) is 10.0 Å². The maximum Gasteiger partial charge on any atom is 0.270 e. The number of rotatable bonds is 5. The lowest BCUT2D eigenvalue weighted by Crippen LogP contribution is -2.39. The lowest BCUT2D eigenvalue weighted by Gasteiger charge is -2.24. The van der Waals surface area contributed by atoms with Gasteiger partial charge in [-0.05, 0) is 18.6 Å². The topological polar surface area (TPSA) is 125 Å². The normalized spacial score (nSPS) is 17.5. The van der Waals surface area contributed by atoms with Crippen molar-refractivity contribution in [3.8, 4) is 0 Å². The van der Waals surface area contributed by atoms with Crippen LogP contribution in [0.15, 0.2) is 47.8 Å². The highest BCUT2D eigenvalue weighted by molar-refractivity contribution is 7.89. The van der Waals surface area contributed by atoms with Gasteiger partial charge in [-0.25, -0.2) is 18.4 Å². The van der Waals surface area contributed by atoms with Crippen LogP contribution < -0.4 is 4.90 Å². The Kier molecular flexibility index (Phi) is 4.47. The molecule has 3 aromatic rings. The number of hydrogen-bond acceptors (Lipinski definition) is 7. The van der Waals surface area contributed by atoms with Crippen LogP contribution in [-0.4, -0.2) is 58.8 Å². The molecule has 1 aromatic carbocycles. The van der Waals surface area contributed by atoms with E-state index in [0.717, 1.165) is 22.9 Å². The molecule has 0 saturated carbocycles. The summed E-state index contributed by atoms with van der Waals surface area (Å²) in [6.45, 7) is 1.12. The second kappa shape index (κ2) is 6.84. The van der Waals surface area contributed by atoms with Crippen LogP contribution in [0.3, 0.4) is 0 Å². The van der Waals surface area contributed by atoms with E-state index in [1.54, 1.807) is 6.20 Å². The fourth-order valence-corrected chi connectivity index (χ4v) is 4.88. The Balaban J connectivity index is 1.57. The number of hydrogen-bond donors (Lipinski definition) is 1. The fourth-order valence-electron chi connectivity index (χ4n) is 3.46. The maximum atomic E-state index is 13.0. The zero-order valence-electron chi connectivity index (χ0n) is 15.0. The van der Waals surface area contributed by atoms with E-state index in [1.807, 2.05) is 11.0 Å². The predicted molar refractivity (Wildman–Crippen MR) is 103 cm³/mol. The third-order valence-corrected chi connectivity index (χ3v) is 6.92. The van der Waals surface area contributed by atoms with E-state index in [2.05, 4.69) is 15.0 Å². The quantitative estimate of drug-likeness (QED) is 0.509. The summed E-state index contributed by atoms with van der Waals surface area (Å²) in [7, 11) is -2.34. The smallest absolute Gasteiger partial charge is 0.270 e. The first-order chi connectivity index (χ1) is 13.4. The summed E-state index contributed by atoms with van der Waals surface area (Å²) >= 11 is 0. The summed E-state index contributed by atoms with van der Waals surface area (Å²) < 4.78 is 27.2. The molecule has 1 fully saturated rings. The molecule has 1 atom stereocenters. The van der Waals surface area contributed by atoms with E-state index in [1.165, 1.54) is 35.9 Å². The van der Waals surface area contributed by atoms with E-state index >= 15 is 0 Å². The summed E-state index contributed by atoms with van der Waals surface area (Å²) in [6, 6.07) is 6.73. The van der Waals surface area contributed by atoms with Gasteiger partial charge >= 0.3 is 0 Å². The molecule has 0 unspecified atom stereocenters. The van der Waals surface area contributed by atoms with Gasteiger partial charge in [0.15, 0.2) is 0 Å². The second-order valence-corrected chi connectivity index (χ2v) is 8.60. The van der Waals surface area contributed by atoms with Gasteiger partial charge in [-0.2, -0.15) is 4.31 Å². The largest absolute Gasteiger partial charge is 0.354 e. The third-order valence-electron chi connectivity index (χ3n) is 5.02. The molecule has 0 radical (unpaired) electrons. The zero-order valence-corrected chi connectivity index (χ0v) is 15.8. The highest BCUT2D eigenvalue weighted by Gasteiger charge is 2.34. The number of nitrogens with one attached hydrogen (secondary N) is 1. The van der Waals surface area contributed by atoms with Crippen LogP contribution >= 0.6 is 0 Å². The van der Waals surface area contributed by atoms with Crippen LogP contribution in [-0.2, 0) is 10.0 Å². The molecular weight excluding hydrogens is 384 g/mol. The second-order valence-electron chi connectivity index (χ2n) is 6.60. The molecule has 0 aliphatic carbocycles. The van der Waals surface area contributed by atoms with Crippen LogP contribution in [0.5, 0.6) is 0 Å². The molecule has 1 aliphatic rings. The highest BCUT2D eigenvalue weighted by Crippen LogP contribution is 2.29. The van der Waals surface area contributed by atoms with Crippen molar-refractivity contribution in [3.63, 3.8) is 0 Å². The lowest BCUT2D eigenvalue weighted by molar-refractivity contribution is -0.385. The molecule has 2 aromatic heterocycles. The van der Waals surface area contributed by atoms with Gasteiger partial charge in [0.1, 0.15) is 17.8 Å². The number of aromatic amines is 1. The van der Waals surface area contributed by atoms with E-state index in [4.69, 9.17) is 0 Å². The van der Waals surface area contributed by atoms with Crippen LogP contribution in [0.2, 0.25) is 0 Å². The van der Waals surface area contributed by atoms with Crippen LogP contribution in [0.4, 0.5) is 11.5 Å². The Morgan fingerprint density at radius 2 is 2.14 bits per heavy atom. The minimum absolute atomic E-state index is 0.0855. The van der Waals surface area contributed by atoms with Gasteiger partial charge in [0.25, 0.3) is 5.69 Å². The van der Waals surface area contributed by atoms with Crippen LogP contribution in [0.1, 0.15) is 6.42 Å². The van der Waals surface area contributed by atoms with E-state index in [-0.39, 0.29) is 16.6 Å². The van der Waals surface area contributed by atoms with Crippen LogP contribution in [0.25, 0.3) is 11.0 Å². The van der Waals surface area contributed by atoms with Crippen molar-refractivity contribution in [3.05, 3.63) is 53.0 Å². The Hall–Kier alpha value is -3.05. The molecule has 0 bridgehead atoms. The van der Waals surface area contributed by atoms with E-state index in [9.17, 15) is 18.5 Å². The van der Waals surface area contributed by atoms with Gasteiger partial charge in [0.05, 0.1) is 15.2 Å². The number of nitro benzene ring substituents is 1. The molecule has 1 aliphatic heterocycles. The Morgan fingerprint density at radius 3 is 2.93 bits per heavy atom. The van der Waals surface area contributed by atoms with Crippen molar-refractivity contribution < 1.29 is 13.3 Å². The first-order valence-corrected chi connectivity index (χ1v) is 10.1. The molecule has 11 heteroatoms. The summed E-state index contributed by atoms with van der Waals surface area (Å²) in [5.74, 6) is 0.759. The average molecular weight is 402 g/mol. The molecule has 0 amide bonds. The molecule has 4 rings (SSSR count). The predicted octanol–water partition coefficient (Wildman–Crippen LogP) is 1.77. The number of non-ortho nitro benzene ring substituents is 1. The summed E-state index contributed by atoms with van der Waals surface area (Å²) in [4.78, 5) is 23.9. The van der Waals surface area contributed by atoms with Crippen molar-refractivity contribution in [1.29, 1.82) is 0 Å². The Labute approximate surface area is 161 Å². The zero-order chi connectivity index (χ0) is 19.9. The first-order valence-electron chi connectivity index (χ1n) is 8.63. The molecule has 28 heavy (non-hydrogen) atoms. The van der Waals surface area contributed by atoms with Crippen molar-refractivity contribution >= 4 is 32.6 Å². The molecule has 146 valence electrons. The van der Waals surface area contributed by atoms with E-state index in [0.29, 0.717) is 19.5 Å². The maximum absolute atomic E-state index is 13.0. The van der Waals surface area contributed by atoms with Gasteiger partial charge in [-0.15, -0.1) is 0 Å². The van der Waals surface area contributed by atoms with Crippen molar-refractivity contribution in [2.75, 3.05) is 25.0 Å². The van der Waals surface area contributed by atoms with Gasteiger partial charge in [0, 0.05) is 44.5 Å². The minimum atomic E-state index is -3.85. The number of fused-ring (bicyclic) bond motifs is 1. The first kappa shape index (κ1) is 18.3. The SMILES string of the molecule is CN([C@@H]1CCN(c2ncnc3[nH]ccc23)C1)S(=O)(=O)c1cccc([N+](=O)[O-])c1. The van der Waals surface area contributed by atoms with Gasteiger partial charge in [-0.3, -0.25) is 10.1 Å². The van der Waals surface area contributed by atoms with Crippen LogP contribution in [0, 0.1) is 10.1 Å². The summed E-state index contributed by atoms with van der Waals surface area (Å²) in [5, 5.41) is 11.8. The number of aromatic nitrogens is 3. The summed E-state index contributed by atoms with van der Waals surface area (Å²) in [5.41, 5.74) is 0.476. The number of benzene rings is 1. The molecule has 1 N–H and O–H groups in total. The number of nitro groups is 1. The standard InChI is InChI=1S/C17H18N6O4S/c1-21(28(26,27)14-4-2-3-12(9-14)23(24)25)13-6-8-22(10-13)17-15-5-7-18-16(15)19-11-20-17/h2-5,7,9,11,13H,6,8,10H2,1H3,(H,18,19,20)/t13-/m1/s1. The number of H-pyrrole nitrogens is 1. The third kappa shape index (κ3) is 3.08. The Morgan fingerprint density at radius 1 is 1.32 bits per heavy atom. The lowest BCUT2D eigenvalue weighted by atomic mass is 10.3. The van der Waals surface area contributed by atoms with Crippen molar-refractivity contribution in [2.24, 2.45) is 0 Å². The Bertz CT molecular complexity index is 1150. The molecule has 3 heterocycles. The molecular formula is C17H18N6O4S. The monoisotopic (exact) mass is 402 g/mol. The van der Waals surface area contributed by atoms with Gasteiger partial charge in [-0.1, -0.05) is 6.07 Å². The van der Waals surface area contributed by atoms with E-state index < -0.39 is 14.9 Å². The number of sulfonamides is 1. The number of nitrogens with zero attached hydrogens (tertiary/aromatic N) is 5.